The molecule has 1 atom stereocenters. The van der Waals surface area contributed by atoms with Crippen LogP contribution in [0.25, 0.3) is 11.3 Å². The third-order valence-corrected chi connectivity index (χ3v) is 5.19. The fourth-order valence-corrected chi connectivity index (χ4v) is 3.85. The normalized spacial score (nSPS) is 12.4. The molecule has 0 amide bonds. The third kappa shape index (κ3) is 2.11. The lowest BCUT2D eigenvalue weighted by Crippen LogP contribution is -1.99. The molecule has 0 radical (unpaired) electrons. The molecule has 0 saturated heterocycles. The van der Waals surface area contributed by atoms with Gasteiger partial charge in [-0.05, 0) is 12.5 Å². The first kappa shape index (κ1) is 13.0. The smallest absolute Gasteiger partial charge is 0.348 e. The summed E-state index contributed by atoms with van der Waals surface area (Å²) in [7, 11) is 0.115. The monoisotopic (exact) mass is 285 g/mol. The summed E-state index contributed by atoms with van der Waals surface area (Å²) < 4.78 is 21.9. The topological polar surface area (TPSA) is 69.4 Å². The van der Waals surface area contributed by atoms with E-state index in [-0.39, 0.29) is 0 Å². The number of carbonyl (C=O) groups is 1. The highest BCUT2D eigenvalue weighted by Gasteiger charge is 2.24. The Morgan fingerprint density at radius 3 is 2.78 bits per heavy atom. The zero-order valence-corrected chi connectivity index (χ0v) is 11.7. The second kappa shape index (κ2) is 5.03. The second-order valence-electron chi connectivity index (χ2n) is 3.55. The molecule has 2 aromatic heterocycles. The van der Waals surface area contributed by atoms with E-state index >= 15 is 0 Å². The summed E-state index contributed by atoms with van der Waals surface area (Å²) in [5, 5.41) is 3.83. The van der Waals surface area contributed by atoms with Crippen LogP contribution in [-0.2, 0) is 15.5 Å². The molecule has 7 heteroatoms. The summed E-state index contributed by atoms with van der Waals surface area (Å²) in [6.45, 7) is 1.78. The minimum Gasteiger partial charge on any atom is -0.465 e. The van der Waals surface area contributed by atoms with Crippen molar-refractivity contribution in [2.75, 3.05) is 13.4 Å². The van der Waals surface area contributed by atoms with Crippen LogP contribution >= 0.6 is 11.3 Å². The van der Waals surface area contributed by atoms with Gasteiger partial charge in [-0.15, -0.1) is 11.3 Å². The second-order valence-corrected chi connectivity index (χ2v) is 6.14. The molecule has 0 aliphatic rings. The molecule has 0 spiro atoms. The predicted octanol–water partition coefficient (Wildman–Crippen LogP) is 2.24. The molecule has 0 fully saturated rings. The van der Waals surface area contributed by atoms with Gasteiger partial charge in [-0.2, -0.15) is 0 Å². The lowest BCUT2D eigenvalue weighted by atomic mass is 10.1. The Morgan fingerprint density at radius 2 is 2.28 bits per heavy atom. The minimum absolute atomic E-state index is 0.432. The zero-order chi connectivity index (χ0) is 13.3. The van der Waals surface area contributed by atoms with E-state index in [1.807, 2.05) is 0 Å². The molecule has 5 nitrogen and oxygen atoms in total. The number of hydrogen-bond acceptors (Lipinski definition) is 6. The molecule has 2 heterocycles. The standard InChI is InChI=1S/C11H11NO4S2/c1-6-8(7-4-5-16-12-7)11(18(3)14)17-9(6)10(13)15-2/h4-5H,1-3H3. The van der Waals surface area contributed by atoms with Crippen LogP contribution in [0.1, 0.15) is 15.2 Å². The molecular weight excluding hydrogens is 274 g/mol. The summed E-state index contributed by atoms with van der Waals surface area (Å²) in [5.74, 6) is -0.432. The van der Waals surface area contributed by atoms with E-state index in [9.17, 15) is 9.00 Å². The summed E-state index contributed by atoms with van der Waals surface area (Å²) >= 11 is 1.17. The molecule has 1 unspecified atom stereocenters. The van der Waals surface area contributed by atoms with Gasteiger partial charge in [0, 0.05) is 17.9 Å². The summed E-state index contributed by atoms with van der Waals surface area (Å²) in [5.41, 5.74) is 1.98. The highest BCUT2D eigenvalue weighted by atomic mass is 32.2. The van der Waals surface area contributed by atoms with Crippen molar-refractivity contribution in [1.29, 1.82) is 0 Å². The summed E-state index contributed by atoms with van der Waals surface area (Å²) in [6, 6.07) is 1.67. The highest BCUT2D eigenvalue weighted by Crippen LogP contribution is 2.37. The third-order valence-electron chi connectivity index (χ3n) is 2.44. The van der Waals surface area contributed by atoms with Crippen LogP contribution in [-0.4, -0.2) is 28.7 Å². The summed E-state index contributed by atoms with van der Waals surface area (Å²) in [4.78, 5) is 12.1. The van der Waals surface area contributed by atoms with Crippen molar-refractivity contribution in [2.24, 2.45) is 0 Å². The number of thiophene rings is 1. The van der Waals surface area contributed by atoms with Gasteiger partial charge in [-0.25, -0.2) is 4.79 Å². The van der Waals surface area contributed by atoms with Crippen LogP contribution in [0.15, 0.2) is 21.1 Å². The van der Waals surface area contributed by atoms with Crippen molar-refractivity contribution in [3.05, 3.63) is 22.8 Å². The first-order chi connectivity index (χ1) is 8.56. The van der Waals surface area contributed by atoms with Crippen molar-refractivity contribution in [3.8, 4) is 11.3 Å². The van der Waals surface area contributed by atoms with Crippen molar-refractivity contribution in [2.45, 2.75) is 11.1 Å². The molecule has 18 heavy (non-hydrogen) atoms. The SMILES string of the molecule is COC(=O)c1sc(S(C)=O)c(-c2ccon2)c1C. The number of methoxy groups -OCH3 is 1. The van der Waals surface area contributed by atoms with Gasteiger partial charge in [0.25, 0.3) is 0 Å². The first-order valence-corrected chi connectivity index (χ1v) is 7.39. The number of carbonyl (C=O) groups excluding carboxylic acids is 1. The fraction of sp³-hybridized carbons (Fsp3) is 0.273. The predicted molar refractivity (Wildman–Crippen MR) is 68.2 cm³/mol. The van der Waals surface area contributed by atoms with Gasteiger partial charge in [0.1, 0.15) is 21.0 Å². The molecule has 0 aliphatic carbocycles. The van der Waals surface area contributed by atoms with E-state index in [1.54, 1.807) is 19.2 Å². The molecule has 0 saturated carbocycles. The van der Waals surface area contributed by atoms with E-state index < -0.39 is 16.8 Å². The molecule has 2 aromatic rings. The van der Waals surface area contributed by atoms with Crippen LogP contribution < -0.4 is 0 Å². The Morgan fingerprint density at radius 1 is 1.56 bits per heavy atom. The van der Waals surface area contributed by atoms with Crippen molar-refractivity contribution in [3.63, 3.8) is 0 Å². The Bertz CT molecular complexity index is 601. The zero-order valence-electron chi connectivity index (χ0n) is 10.1. The van der Waals surface area contributed by atoms with Gasteiger partial charge in [-0.1, -0.05) is 5.16 Å². The van der Waals surface area contributed by atoms with Gasteiger partial charge in [0.05, 0.1) is 17.9 Å². The molecule has 2 rings (SSSR count). The van der Waals surface area contributed by atoms with Gasteiger partial charge < -0.3 is 9.26 Å². The van der Waals surface area contributed by atoms with Crippen molar-refractivity contribution in [1.82, 2.24) is 5.16 Å². The largest absolute Gasteiger partial charge is 0.465 e. The Kier molecular flexibility index (Phi) is 3.63. The summed E-state index contributed by atoms with van der Waals surface area (Å²) in [6.07, 6.45) is 3.00. The van der Waals surface area contributed by atoms with E-state index in [2.05, 4.69) is 5.16 Å². The van der Waals surface area contributed by atoms with Crippen molar-refractivity contribution >= 4 is 28.1 Å². The molecule has 96 valence electrons. The van der Waals surface area contributed by atoms with Crippen LogP contribution in [0.3, 0.4) is 0 Å². The van der Waals surface area contributed by atoms with Gasteiger partial charge in [0.15, 0.2) is 0 Å². The Labute approximate surface area is 110 Å². The highest BCUT2D eigenvalue weighted by molar-refractivity contribution is 7.86. The lowest BCUT2D eigenvalue weighted by molar-refractivity contribution is 0.0605. The minimum atomic E-state index is -1.20. The lowest BCUT2D eigenvalue weighted by Gasteiger charge is -1.99. The van der Waals surface area contributed by atoms with Gasteiger partial charge >= 0.3 is 5.97 Å². The average Bonchev–Trinajstić information content (AvgIpc) is 2.94. The van der Waals surface area contributed by atoms with Crippen LogP contribution in [0, 0.1) is 6.92 Å². The molecular formula is C11H11NO4S2. The maximum absolute atomic E-state index is 11.7. The van der Waals surface area contributed by atoms with Gasteiger partial charge in [-0.3, -0.25) is 4.21 Å². The van der Waals surface area contributed by atoms with Crippen LogP contribution in [0.5, 0.6) is 0 Å². The quantitative estimate of drug-likeness (QED) is 0.809. The number of ether oxygens (including phenoxy) is 1. The molecule has 0 aliphatic heterocycles. The maximum Gasteiger partial charge on any atom is 0.348 e. The van der Waals surface area contributed by atoms with E-state index in [0.717, 1.165) is 0 Å². The number of esters is 1. The van der Waals surface area contributed by atoms with Crippen molar-refractivity contribution < 1.29 is 18.3 Å². The fourth-order valence-electron chi connectivity index (χ4n) is 1.61. The van der Waals surface area contributed by atoms with Crippen LogP contribution in [0.4, 0.5) is 0 Å². The number of aromatic nitrogens is 1. The average molecular weight is 285 g/mol. The Hall–Kier alpha value is -1.47. The first-order valence-electron chi connectivity index (χ1n) is 5.02. The van der Waals surface area contributed by atoms with E-state index in [4.69, 9.17) is 9.26 Å². The maximum atomic E-state index is 11.7. The number of rotatable bonds is 3. The van der Waals surface area contributed by atoms with E-state index in [0.29, 0.717) is 25.9 Å². The van der Waals surface area contributed by atoms with Crippen LogP contribution in [0.2, 0.25) is 0 Å². The number of hydrogen-bond donors (Lipinski definition) is 0. The molecule has 0 N–H and O–H groups in total. The van der Waals surface area contributed by atoms with Gasteiger partial charge in [0.2, 0.25) is 0 Å². The molecule has 0 bridgehead atoms. The van der Waals surface area contributed by atoms with E-state index in [1.165, 1.54) is 24.7 Å². The number of nitrogens with zero attached hydrogens (tertiary/aromatic N) is 1. The Balaban J connectivity index is 2.67. The molecule has 0 aromatic carbocycles.